The fourth-order valence-electron chi connectivity index (χ4n) is 5.07. The fourth-order valence-corrected chi connectivity index (χ4v) is 5.07. The minimum atomic E-state index is 0.520. The monoisotopic (exact) mass is 407 g/mol. The highest BCUT2D eigenvalue weighted by Gasteiger charge is 2.36. The van der Waals surface area contributed by atoms with Crippen molar-refractivity contribution >= 4 is 21.5 Å². The van der Waals surface area contributed by atoms with E-state index in [0.717, 1.165) is 43.4 Å². The molecule has 0 bridgehead atoms. The highest BCUT2D eigenvalue weighted by Crippen LogP contribution is 2.43. The average molecular weight is 408 g/mol. The Bertz CT molecular complexity index is 1130. The highest BCUT2D eigenvalue weighted by atomic mass is 16.5. The van der Waals surface area contributed by atoms with E-state index in [0.29, 0.717) is 6.04 Å². The Labute approximate surface area is 177 Å². The Balaban J connectivity index is 1.77. The largest absolute Gasteiger partial charge is 0.497 e. The summed E-state index contributed by atoms with van der Waals surface area (Å²) < 4.78 is 16.8. The first-order valence-corrected chi connectivity index (χ1v) is 10.4. The molecule has 3 aromatic rings. The van der Waals surface area contributed by atoms with Gasteiger partial charge < -0.3 is 14.2 Å². The summed E-state index contributed by atoms with van der Waals surface area (Å²) in [5.41, 5.74) is 2.86. The summed E-state index contributed by atoms with van der Waals surface area (Å²) in [6.45, 7) is 2.98. The van der Waals surface area contributed by atoms with E-state index < -0.39 is 0 Å². The van der Waals surface area contributed by atoms with Crippen LogP contribution in [0.3, 0.4) is 0 Å². The van der Waals surface area contributed by atoms with E-state index in [1.165, 1.54) is 32.7 Å². The molecule has 0 amide bonds. The molecular formula is C24H29N3O3. The smallest absolute Gasteiger partial charge is 0.161 e. The Kier molecular flexibility index (Phi) is 4.73. The van der Waals surface area contributed by atoms with E-state index in [1.54, 1.807) is 21.3 Å². The zero-order chi connectivity index (χ0) is 21.0. The molecule has 1 atom stereocenters. The van der Waals surface area contributed by atoms with Crippen molar-refractivity contribution in [1.29, 1.82) is 0 Å². The van der Waals surface area contributed by atoms with Crippen molar-refractivity contribution in [1.82, 2.24) is 14.9 Å². The topological polar surface area (TPSA) is 37.4 Å². The molecule has 2 aliphatic heterocycles. The molecule has 1 fully saturated rings. The molecule has 1 saturated heterocycles. The van der Waals surface area contributed by atoms with Crippen LogP contribution < -0.4 is 14.2 Å². The third-order valence-corrected chi connectivity index (χ3v) is 6.70. The molecule has 0 aliphatic carbocycles. The number of fused-ring (bicyclic) bond motifs is 7. The predicted molar refractivity (Wildman–Crippen MR) is 119 cm³/mol. The molecule has 0 aromatic heterocycles. The van der Waals surface area contributed by atoms with E-state index in [1.807, 2.05) is 0 Å². The van der Waals surface area contributed by atoms with E-state index in [2.05, 4.69) is 59.3 Å². The molecule has 0 saturated carbocycles. The minimum absolute atomic E-state index is 0.520. The summed E-state index contributed by atoms with van der Waals surface area (Å²) in [7, 11) is 9.36. The number of nitrogens with zero attached hydrogens (tertiary/aromatic N) is 3. The lowest BCUT2D eigenvalue weighted by molar-refractivity contribution is 0.0329. The maximum atomic E-state index is 5.65. The van der Waals surface area contributed by atoms with Crippen LogP contribution in [0.2, 0.25) is 0 Å². The lowest BCUT2D eigenvalue weighted by atomic mass is 9.85. The van der Waals surface area contributed by atoms with Gasteiger partial charge in [-0.05, 0) is 63.4 Å². The van der Waals surface area contributed by atoms with Gasteiger partial charge in [0.05, 0.1) is 28.0 Å². The summed E-state index contributed by atoms with van der Waals surface area (Å²) in [5, 5.41) is 9.56. The summed E-state index contributed by atoms with van der Waals surface area (Å²) in [6.07, 6.45) is 1.04. The number of rotatable bonds is 4. The summed E-state index contributed by atoms with van der Waals surface area (Å²) >= 11 is 0. The zero-order valence-electron chi connectivity index (χ0n) is 18.4. The summed E-state index contributed by atoms with van der Waals surface area (Å²) in [5.74, 6) is 2.40. The van der Waals surface area contributed by atoms with Gasteiger partial charge in [0, 0.05) is 33.2 Å². The quantitative estimate of drug-likeness (QED) is 0.617. The third kappa shape index (κ3) is 2.90. The molecule has 6 nitrogen and oxygen atoms in total. The van der Waals surface area contributed by atoms with E-state index in [9.17, 15) is 0 Å². The lowest BCUT2D eigenvalue weighted by Gasteiger charge is -2.32. The SMILES string of the molecule is COc1ccc2c3c(c4cc(OC)c(OC)cc4c2c1)C[C@H]1CN(N(C)C)CN1C3. The van der Waals surface area contributed by atoms with Crippen molar-refractivity contribution in [3.63, 3.8) is 0 Å². The fraction of sp³-hybridized carbons (Fsp3) is 0.417. The van der Waals surface area contributed by atoms with Crippen LogP contribution in [-0.4, -0.2) is 69.6 Å². The second-order valence-corrected chi connectivity index (χ2v) is 8.40. The second kappa shape index (κ2) is 7.30. The van der Waals surface area contributed by atoms with Gasteiger partial charge in [0.25, 0.3) is 0 Å². The number of hydrazine groups is 1. The van der Waals surface area contributed by atoms with Gasteiger partial charge in [-0.25, -0.2) is 10.0 Å². The van der Waals surface area contributed by atoms with Gasteiger partial charge in [-0.15, -0.1) is 0 Å². The first-order valence-electron chi connectivity index (χ1n) is 10.4. The number of ether oxygens (including phenoxy) is 3. The molecule has 158 valence electrons. The summed E-state index contributed by atoms with van der Waals surface area (Å²) in [4.78, 5) is 2.60. The molecule has 0 spiro atoms. The van der Waals surface area contributed by atoms with Crippen LogP contribution in [-0.2, 0) is 13.0 Å². The molecule has 2 aliphatic rings. The van der Waals surface area contributed by atoms with Crippen LogP contribution in [0.4, 0.5) is 0 Å². The second-order valence-electron chi connectivity index (χ2n) is 8.40. The predicted octanol–water partition coefficient (Wildman–Crippen LogP) is 3.50. The molecule has 0 radical (unpaired) electrons. The average Bonchev–Trinajstić information content (AvgIpc) is 3.20. The first-order chi connectivity index (χ1) is 14.5. The normalized spacial score (nSPS) is 19.3. The van der Waals surface area contributed by atoms with E-state index in [-0.39, 0.29) is 0 Å². The third-order valence-electron chi connectivity index (χ3n) is 6.70. The maximum Gasteiger partial charge on any atom is 0.161 e. The number of benzene rings is 3. The molecule has 2 heterocycles. The Morgan fingerprint density at radius 2 is 1.53 bits per heavy atom. The van der Waals surface area contributed by atoms with Crippen LogP contribution in [0.15, 0.2) is 30.3 Å². The van der Waals surface area contributed by atoms with Crippen LogP contribution in [0.5, 0.6) is 17.2 Å². The molecular weight excluding hydrogens is 378 g/mol. The Morgan fingerprint density at radius 1 is 0.833 bits per heavy atom. The zero-order valence-corrected chi connectivity index (χ0v) is 18.4. The van der Waals surface area contributed by atoms with Gasteiger partial charge in [-0.2, -0.15) is 0 Å². The Morgan fingerprint density at radius 3 is 2.20 bits per heavy atom. The molecule has 6 heteroatoms. The Hall–Kier alpha value is -2.54. The number of hydrogen-bond donors (Lipinski definition) is 0. The van der Waals surface area contributed by atoms with Crippen LogP contribution in [0.25, 0.3) is 21.5 Å². The van der Waals surface area contributed by atoms with Gasteiger partial charge in [-0.1, -0.05) is 6.07 Å². The molecule has 0 unspecified atom stereocenters. The minimum Gasteiger partial charge on any atom is -0.497 e. The summed E-state index contributed by atoms with van der Waals surface area (Å²) in [6, 6.07) is 11.2. The maximum absolute atomic E-state index is 5.65. The van der Waals surface area contributed by atoms with Gasteiger partial charge in [0.1, 0.15) is 5.75 Å². The van der Waals surface area contributed by atoms with Gasteiger partial charge in [0.15, 0.2) is 11.5 Å². The standard InChI is InChI=1S/C24H29N3O3/c1-25(2)27-12-15-8-18-20-10-23(29-4)24(30-5)11-21(20)19-9-16(28-3)6-7-17(19)22(18)13-26(15)14-27/h6-7,9-11,15H,8,12-14H2,1-5H3/t15-/m0/s1. The van der Waals surface area contributed by atoms with Crippen molar-refractivity contribution in [3.05, 3.63) is 41.5 Å². The van der Waals surface area contributed by atoms with E-state index >= 15 is 0 Å². The van der Waals surface area contributed by atoms with Crippen LogP contribution in [0.1, 0.15) is 11.1 Å². The van der Waals surface area contributed by atoms with Gasteiger partial charge in [-0.3, -0.25) is 4.90 Å². The van der Waals surface area contributed by atoms with Crippen molar-refractivity contribution < 1.29 is 14.2 Å². The van der Waals surface area contributed by atoms with Crippen LogP contribution in [0, 0.1) is 0 Å². The number of methoxy groups -OCH3 is 3. The van der Waals surface area contributed by atoms with Crippen molar-refractivity contribution in [3.8, 4) is 17.2 Å². The van der Waals surface area contributed by atoms with Crippen LogP contribution >= 0.6 is 0 Å². The van der Waals surface area contributed by atoms with Crippen molar-refractivity contribution in [2.75, 3.05) is 48.6 Å². The van der Waals surface area contributed by atoms with Gasteiger partial charge >= 0.3 is 0 Å². The van der Waals surface area contributed by atoms with Crippen molar-refractivity contribution in [2.24, 2.45) is 0 Å². The van der Waals surface area contributed by atoms with Crippen molar-refractivity contribution in [2.45, 2.75) is 19.0 Å². The highest BCUT2D eigenvalue weighted by molar-refractivity contribution is 6.12. The lowest BCUT2D eigenvalue weighted by Crippen LogP contribution is -2.37. The molecule has 5 rings (SSSR count). The van der Waals surface area contributed by atoms with E-state index in [4.69, 9.17) is 14.2 Å². The van der Waals surface area contributed by atoms with Gasteiger partial charge in [0.2, 0.25) is 0 Å². The number of hydrogen-bond acceptors (Lipinski definition) is 6. The first kappa shape index (κ1) is 19.4. The molecule has 3 aromatic carbocycles. The molecule has 0 N–H and O–H groups in total. The molecule has 30 heavy (non-hydrogen) atoms.